The van der Waals surface area contributed by atoms with Crippen molar-refractivity contribution in [1.82, 2.24) is 10.1 Å². The molecule has 0 saturated carbocycles. The highest BCUT2D eigenvalue weighted by Crippen LogP contribution is 2.54. The second kappa shape index (κ2) is 8.69. The number of carbonyl (C=O) groups excluding carboxylic acids is 2. The second-order valence-electron chi connectivity index (χ2n) is 11.1. The number of benzene rings is 1. The Morgan fingerprint density at radius 1 is 1.14 bits per heavy atom. The maximum absolute atomic E-state index is 14.4. The van der Waals surface area contributed by atoms with Crippen LogP contribution in [0.4, 0.5) is 0 Å². The molecular formula is C27H34N2O5Si. The fourth-order valence-electron chi connectivity index (χ4n) is 4.61. The van der Waals surface area contributed by atoms with Gasteiger partial charge in [-0.2, -0.15) is 0 Å². The van der Waals surface area contributed by atoms with Crippen LogP contribution < -0.4 is 4.74 Å². The third-order valence-electron chi connectivity index (χ3n) is 7.49. The number of hydrogen-bond acceptors (Lipinski definition) is 7. The average molecular weight is 495 g/mol. The summed E-state index contributed by atoms with van der Waals surface area (Å²) >= 11 is 0. The van der Waals surface area contributed by atoms with Crippen molar-refractivity contribution in [3.63, 3.8) is 0 Å². The Labute approximate surface area is 207 Å². The number of carbonyl (C=O) groups is 2. The summed E-state index contributed by atoms with van der Waals surface area (Å²) in [5.74, 6) is -1.06. The summed E-state index contributed by atoms with van der Waals surface area (Å²) in [7, 11) is 1.16. The van der Waals surface area contributed by atoms with E-state index in [0.717, 1.165) is 5.56 Å². The molecule has 1 aromatic heterocycles. The molecule has 1 heterocycles. The zero-order chi connectivity index (χ0) is 25.8. The van der Waals surface area contributed by atoms with Gasteiger partial charge in [0.15, 0.2) is 25.5 Å². The van der Waals surface area contributed by atoms with Crippen LogP contribution in [-0.4, -0.2) is 49.6 Å². The first-order valence-corrected chi connectivity index (χ1v) is 14.7. The molecule has 8 heteroatoms. The van der Waals surface area contributed by atoms with Gasteiger partial charge in [-0.05, 0) is 54.6 Å². The van der Waals surface area contributed by atoms with E-state index in [4.69, 9.17) is 13.7 Å². The van der Waals surface area contributed by atoms with E-state index in [-0.39, 0.29) is 28.9 Å². The van der Waals surface area contributed by atoms with Gasteiger partial charge in [-0.25, -0.2) is 0 Å². The smallest absolute Gasteiger partial charge is 0.265 e. The highest BCUT2D eigenvalue weighted by atomic mass is 28.4. The maximum Gasteiger partial charge on any atom is 0.265 e. The molecule has 0 fully saturated rings. The summed E-state index contributed by atoms with van der Waals surface area (Å²) in [6, 6.07) is 9.10. The molecule has 2 aromatic rings. The number of aromatic nitrogens is 1. The zero-order valence-electron chi connectivity index (χ0n) is 21.5. The number of rotatable bonds is 6. The van der Waals surface area contributed by atoms with Gasteiger partial charge in [-0.15, -0.1) is 0 Å². The monoisotopic (exact) mass is 494 g/mol. The summed E-state index contributed by atoms with van der Waals surface area (Å²) in [6.07, 6.45) is 3.10. The topological polar surface area (TPSA) is 81.9 Å². The van der Waals surface area contributed by atoms with Crippen LogP contribution in [-0.2, 0) is 15.8 Å². The summed E-state index contributed by atoms with van der Waals surface area (Å²) in [5.41, 5.74) is -0.0188. The quantitative estimate of drug-likeness (QED) is 0.407. The standard InChI is InChI=1S/C27H34N2O5Si/c1-17-14-15-19(30)27(34-35(7,8)26(2,3)4)21(17)22(29(5)6)23-20(24(27)31)25(28-33-23)32-16-18-12-10-9-11-13-18/h9-15,21-22H,1,16H2,2-8H3/t21-,22-,27+/m0/s1. The van der Waals surface area contributed by atoms with Gasteiger partial charge in [-0.1, -0.05) is 63.8 Å². The Balaban J connectivity index is 1.89. The molecule has 0 unspecified atom stereocenters. The minimum Gasteiger partial charge on any atom is -0.470 e. The predicted octanol–water partition coefficient (Wildman–Crippen LogP) is 5.12. The largest absolute Gasteiger partial charge is 0.470 e. The molecule has 0 N–H and O–H groups in total. The fourth-order valence-corrected chi connectivity index (χ4v) is 6.04. The van der Waals surface area contributed by atoms with Gasteiger partial charge >= 0.3 is 0 Å². The second-order valence-corrected chi connectivity index (χ2v) is 15.8. The predicted molar refractivity (Wildman–Crippen MR) is 136 cm³/mol. The van der Waals surface area contributed by atoms with E-state index in [1.807, 2.05) is 62.4 Å². The molecule has 4 rings (SSSR count). The molecule has 0 amide bonds. The SMILES string of the molecule is C=C1C=CC(=O)[C@]2(O[Si](C)(C)C(C)(C)C)C(=O)c3c(OCc4ccccc4)noc3[C@@H](N(C)C)[C@H]12. The molecule has 186 valence electrons. The minimum absolute atomic E-state index is 0.0744. The van der Waals surface area contributed by atoms with Gasteiger partial charge in [0.25, 0.3) is 5.88 Å². The molecule has 0 spiro atoms. The molecule has 2 aliphatic carbocycles. The van der Waals surface area contributed by atoms with Crippen LogP contribution in [0.1, 0.15) is 48.5 Å². The molecule has 0 aliphatic heterocycles. The number of ketones is 2. The van der Waals surface area contributed by atoms with Crippen molar-refractivity contribution in [2.24, 2.45) is 5.92 Å². The molecule has 0 bridgehead atoms. The van der Waals surface area contributed by atoms with E-state index >= 15 is 0 Å². The van der Waals surface area contributed by atoms with Gasteiger partial charge in [0.05, 0.1) is 6.04 Å². The van der Waals surface area contributed by atoms with Crippen LogP contribution in [0.25, 0.3) is 0 Å². The number of ether oxygens (including phenoxy) is 1. The molecule has 7 nitrogen and oxygen atoms in total. The molecule has 1 aromatic carbocycles. The Kier molecular flexibility index (Phi) is 6.28. The molecule has 2 aliphatic rings. The number of allylic oxidation sites excluding steroid dienone is 1. The van der Waals surface area contributed by atoms with Crippen molar-refractivity contribution < 1.29 is 23.3 Å². The molecule has 35 heavy (non-hydrogen) atoms. The van der Waals surface area contributed by atoms with Crippen molar-refractivity contribution >= 4 is 19.9 Å². The molecule has 0 radical (unpaired) electrons. The van der Waals surface area contributed by atoms with E-state index in [1.54, 1.807) is 6.08 Å². The van der Waals surface area contributed by atoms with Gasteiger partial charge in [0, 0.05) is 5.92 Å². The summed E-state index contributed by atoms with van der Waals surface area (Å²) in [4.78, 5) is 30.1. The summed E-state index contributed by atoms with van der Waals surface area (Å²) in [6.45, 7) is 14.8. The highest BCUT2D eigenvalue weighted by Gasteiger charge is 2.66. The molecule has 3 atom stereocenters. The minimum atomic E-state index is -2.60. The van der Waals surface area contributed by atoms with Crippen molar-refractivity contribution in [3.05, 3.63) is 71.5 Å². The fraction of sp³-hybridized carbons (Fsp3) is 0.444. The Morgan fingerprint density at radius 3 is 2.40 bits per heavy atom. The first-order valence-electron chi connectivity index (χ1n) is 11.8. The van der Waals surface area contributed by atoms with Crippen LogP contribution in [0.2, 0.25) is 18.1 Å². The Bertz CT molecular complexity index is 1190. The average Bonchev–Trinajstić information content (AvgIpc) is 3.19. The van der Waals surface area contributed by atoms with E-state index < -0.39 is 31.7 Å². The third kappa shape index (κ3) is 4.03. The van der Waals surface area contributed by atoms with Crippen molar-refractivity contribution in [1.29, 1.82) is 0 Å². The number of hydrogen-bond donors (Lipinski definition) is 0. The van der Waals surface area contributed by atoms with Gasteiger partial charge in [0.1, 0.15) is 12.2 Å². The Hall–Kier alpha value is -2.81. The van der Waals surface area contributed by atoms with E-state index in [0.29, 0.717) is 11.3 Å². The lowest BCUT2D eigenvalue weighted by atomic mass is 9.63. The van der Waals surface area contributed by atoms with Crippen LogP contribution in [0.3, 0.4) is 0 Å². The van der Waals surface area contributed by atoms with E-state index in [2.05, 4.69) is 32.5 Å². The lowest BCUT2D eigenvalue weighted by molar-refractivity contribution is -0.133. The number of Topliss-reactive ketones (excluding diaryl/α,β-unsaturated/α-hetero) is 1. The zero-order valence-corrected chi connectivity index (χ0v) is 22.5. The van der Waals surface area contributed by atoms with Crippen LogP contribution in [0, 0.1) is 5.92 Å². The van der Waals surface area contributed by atoms with Crippen molar-refractivity contribution in [2.45, 2.75) is 57.2 Å². The summed E-state index contributed by atoms with van der Waals surface area (Å²) in [5, 5.41) is 3.90. The molecular weight excluding hydrogens is 460 g/mol. The number of fused-ring (bicyclic) bond motifs is 2. The van der Waals surface area contributed by atoms with E-state index in [1.165, 1.54) is 6.08 Å². The normalized spacial score (nSPS) is 24.5. The molecule has 0 saturated heterocycles. The van der Waals surface area contributed by atoms with Crippen LogP contribution >= 0.6 is 0 Å². The van der Waals surface area contributed by atoms with Crippen molar-refractivity contribution in [2.75, 3.05) is 14.1 Å². The third-order valence-corrected chi connectivity index (χ3v) is 11.9. The van der Waals surface area contributed by atoms with Gasteiger partial charge in [-0.3, -0.25) is 14.5 Å². The maximum atomic E-state index is 14.4. The Morgan fingerprint density at radius 2 is 1.80 bits per heavy atom. The van der Waals surface area contributed by atoms with Crippen molar-refractivity contribution in [3.8, 4) is 5.88 Å². The van der Waals surface area contributed by atoms with Gasteiger partial charge in [0.2, 0.25) is 5.78 Å². The highest BCUT2D eigenvalue weighted by molar-refractivity contribution is 6.74. The van der Waals surface area contributed by atoms with Crippen LogP contribution in [0.5, 0.6) is 5.88 Å². The lowest BCUT2D eigenvalue weighted by Gasteiger charge is -2.52. The van der Waals surface area contributed by atoms with Crippen LogP contribution in [0.15, 0.2) is 59.2 Å². The van der Waals surface area contributed by atoms with E-state index in [9.17, 15) is 9.59 Å². The first-order chi connectivity index (χ1) is 16.3. The van der Waals surface area contributed by atoms with Gasteiger partial charge < -0.3 is 13.7 Å². The lowest BCUT2D eigenvalue weighted by Crippen LogP contribution is -2.66. The number of nitrogens with zero attached hydrogens (tertiary/aromatic N) is 2. The summed E-state index contributed by atoms with van der Waals surface area (Å²) < 4.78 is 18.5. The first kappa shape index (κ1) is 25.3.